The van der Waals surface area contributed by atoms with E-state index in [1.54, 1.807) is 0 Å². The Morgan fingerprint density at radius 1 is 1.29 bits per heavy atom. The lowest BCUT2D eigenvalue weighted by molar-refractivity contribution is 0.0204. The van der Waals surface area contributed by atoms with Gasteiger partial charge >= 0.3 is 0 Å². The lowest BCUT2D eigenvalue weighted by Gasteiger charge is -2.50. The maximum Gasteiger partial charge on any atom is 0.0278 e. The van der Waals surface area contributed by atoms with Crippen molar-refractivity contribution in [3.05, 3.63) is 34.3 Å². The molecule has 1 aliphatic heterocycles. The van der Waals surface area contributed by atoms with Crippen molar-refractivity contribution in [2.24, 2.45) is 5.41 Å². The molecule has 2 rings (SSSR count). The molecule has 0 radical (unpaired) electrons. The molecular formula is C18H29BrN2. The Morgan fingerprint density at radius 2 is 1.90 bits per heavy atom. The van der Waals surface area contributed by atoms with Crippen LogP contribution in [0.4, 0.5) is 0 Å². The molecule has 1 aliphatic rings. The second kappa shape index (κ2) is 6.39. The van der Waals surface area contributed by atoms with Crippen LogP contribution in [-0.2, 0) is 6.54 Å². The van der Waals surface area contributed by atoms with Gasteiger partial charge in [-0.25, -0.2) is 0 Å². The minimum atomic E-state index is 0.233. The molecule has 2 nitrogen and oxygen atoms in total. The lowest BCUT2D eigenvalue weighted by atomic mass is 9.81. The summed E-state index contributed by atoms with van der Waals surface area (Å²) in [5.74, 6) is 0. The number of hydrogen-bond acceptors (Lipinski definition) is 2. The molecule has 0 bridgehead atoms. The second-order valence-electron chi connectivity index (χ2n) is 7.71. The molecule has 2 unspecified atom stereocenters. The van der Waals surface area contributed by atoms with Gasteiger partial charge in [-0.1, -0.05) is 55.8 Å². The van der Waals surface area contributed by atoms with Crippen LogP contribution in [-0.4, -0.2) is 29.6 Å². The van der Waals surface area contributed by atoms with Crippen molar-refractivity contribution in [2.75, 3.05) is 13.1 Å². The van der Waals surface area contributed by atoms with E-state index in [2.05, 4.69) is 85.0 Å². The normalized spacial score (nSPS) is 27.8. The van der Waals surface area contributed by atoms with Gasteiger partial charge in [-0.15, -0.1) is 0 Å². The minimum Gasteiger partial charge on any atom is -0.309 e. The number of benzene rings is 1. The number of piperazine rings is 1. The highest BCUT2D eigenvalue weighted by Gasteiger charge is 2.39. The van der Waals surface area contributed by atoms with Gasteiger partial charge in [0.25, 0.3) is 0 Å². The zero-order chi connectivity index (χ0) is 15.7. The molecule has 2 atom stereocenters. The number of rotatable bonds is 3. The topological polar surface area (TPSA) is 15.3 Å². The third-order valence-electron chi connectivity index (χ3n) is 4.79. The van der Waals surface area contributed by atoms with E-state index in [0.717, 1.165) is 24.1 Å². The first kappa shape index (κ1) is 17.0. The van der Waals surface area contributed by atoms with Gasteiger partial charge < -0.3 is 5.32 Å². The molecule has 1 aromatic carbocycles. The lowest BCUT2D eigenvalue weighted by Crippen LogP contribution is -2.65. The molecule has 1 aromatic rings. The Labute approximate surface area is 138 Å². The summed E-state index contributed by atoms with van der Waals surface area (Å²) in [6, 6.07) is 9.32. The van der Waals surface area contributed by atoms with Crippen molar-refractivity contribution in [1.82, 2.24) is 10.2 Å². The van der Waals surface area contributed by atoms with E-state index in [1.165, 1.54) is 12.0 Å². The summed E-state index contributed by atoms with van der Waals surface area (Å²) < 4.78 is 1.15. The Morgan fingerprint density at radius 3 is 2.43 bits per heavy atom. The Balaban J connectivity index is 2.18. The molecule has 118 valence electrons. The molecule has 0 aromatic heterocycles. The van der Waals surface area contributed by atoms with Crippen LogP contribution < -0.4 is 5.32 Å². The van der Waals surface area contributed by atoms with E-state index in [4.69, 9.17) is 0 Å². The summed E-state index contributed by atoms with van der Waals surface area (Å²) in [5, 5.41) is 3.78. The molecule has 1 fully saturated rings. The quantitative estimate of drug-likeness (QED) is 0.864. The van der Waals surface area contributed by atoms with E-state index in [0.29, 0.717) is 6.04 Å². The van der Waals surface area contributed by atoms with Crippen molar-refractivity contribution in [1.29, 1.82) is 0 Å². The first-order valence-electron chi connectivity index (χ1n) is 7.97. The summed E-state index contributed by atoms with van der Waals surface area (Å²) in [6.45, 7) is 14.9. The number of halogens is 1. The summed E-state index contributed by atoms with van der Waals surface area (Å²) in [6.07, 6.45) is 1.17. The van der Waals surface area contributed by atoms with E-state index in [9.17, 15) is 0 Å². The third-order valence-corrected chi connectivity index (χ3v) is 5.32. The molecule has 0 saturated carbocycles. The Kier molecular flexibility index (Phi) is 5.17. The Bertz CT molecular complexity index is 463. The predicted octanol–water partition coefficient (Wildman–Crippen LogP) is 4.44. The van der Waals surface area contributed by atoms with Crippen LogP contribution in [0.2, 0.25) is 0 Å². The molecule has 0 amide bonds. The highest BCUT2D eigenvalue weighted by molar-refractivity contribution is 9.10. The maximum absolute atomic E-state index is 3.78. The van der Waals surface area contributed by atoms with Crippen molar-refractivity contribution in [3.8, 4) is 0 Å². The molecule has 1 N–H and O–H groups in total. The third kappa shape index (κ3) is 4.30. The smallest absolute Gasteiger partial charge is 0.0278 e. The average Bonchev–Trinajstić information content (AvgIpc) is 2.40. The first-order chi connectivity index (χ1) is 9.73. The predicted molar refractivity (Wildman–Crippen MR) is 94.5 cm³/mol. The minimum absolute atomic E-state index is 0.233. The van der Waals surface area contributed by atoms with Crippen LogP contribution in [0.1, 0.15) is 46.6 Å². The highest BCUT2D eigenvalue weighted by Crippen LogP contribution is 2.31. The van der Waals surface area contributed by atoms with Gasteiger partial charge in [0.1, 0.15) is 0 Å². The molecule has 21 heavy (non-hydrogen) atoms. The van der Waals surface area contributed by atoms with E-state index in [-0.39, 0.29) is 11.0 Å². The average molecular weight is 353 g/mol. The van der Waals surface area contributed by atoms with Gasteiger partial charge in [-0.05, 0) is 36.5 Å². The summed E-state index contributed by atoms with van der Waals surface area (Å²) in [7, 11) is 0. The van der Waals surface area contributed by atoms with Crippen LogP contribution in [0.25, 0.3) is 0 Å². The highest BCUT2D eigenvalue weighted by atomic mass is 79.9. The van der Waals surface area contributed by atoms with Gasteiger partial charge in [0.2, 0.25) is 0 Å². The SMILES string of the molecule is CCC1(C)CN(Cc2ccc(Br)cc2)C(C(C)(C)C)CN1. The number of hydrogen-bond donors (Lipinski definition) is 1. The number of nitrogens with one attached hydrogen (secondary N) is 1. The van der Waals surface area contributed by atoms with E-state index < -0.39 is 0 Å². The monoisotopic (exact) mass is 352 g/mol. The molecule has 0 aliphatic carbocycles. The maximum atomic E-state index is 3.78. The van der Waals surface area contributed by atoms with Crippen LogP contribution in [0.5, 0.6) is 0 Å². The Hall–Kier alpha value is -0.380. The fourth-order valence-electron chi connectivity index (χ4n) is 3.17. The van der Waals surface area contributed by atoms with Gasteiger partial charge in [-0.3, -0.25) is 4.90 Å². The van der Waals surface area contributed by atoms with E-state index in [1.807, 2.05) is 0 Å². The van der Waals surface area contributed by atoms with Crippen LogP contribution in [0, 0.1) is 5.41 Å². The molecule has 1 heterocycles. The fraction of sp³-hybridized carbons (Fsp3) is 0.667. The summed E-state index contributed by atoms with van der Waals surface area (Å²) in [4.78, 5) is 2.67. The zero-order valence-electron chi connectivity index (χ0n) is 14.0. The van der Waals surface area contributed by atoms with Crippen LogP contribution in [0.15, 0.2) is 28.7 Å². The standard InChI is InChI=1S/C18H29BrN2/c1-6-18(5)13-21(16(11-20-18)17(2,3)4)12-14-7-9-15(19)10-8-14/h7-10,16,20H,6,11-13H2,1-5H3. The number of nitrogens with zero attached hydrogens (tertiary/aromatic N) is 1. The van der Waals surface area contributed by atoms with Crippen LogP contribution >= 0.6 is 15.9 Å². The molecule has 0 spiro atoms. The van der Waals surface area contributed by atoms with Crippen molar-refractivity contribution < 1.29 is 0 Å². The summed E-state index contributed by atoms with van der Waals surface area (Å²) in [5.41, 5.74) is 1.92. The zero-order valence-corrected chi connectivity index (χ0v) is 15.6. The van der Waals surface area contributed by atoms with Crippen molar-refractivity contribution >= 4 is 15.9 Å². The largest absolute Gasteiger partial charge is 0.309 e. The van der Waals surface area contributed by atoms with Gasteiger partial charge in [0.05, 0.1) is 0 Å². The van der Waals surface area contributed by atoms with Crippen molar-refractivity contribution in [3.63, 3.8) is 0 Å². The molecular weight excluding hydrogens is 324 g/mol. The van der Waals surface area contributed by atoms with Gasteiger partial charge in [0.15, 0.2) is 0 Å². The fourth-order valence-corrected chi connectivity index (χ4v) is 3.43. The van der Waals surface area contributed by atoms with Crippen LogP contribution in [0.3, 0.4) is 0 Å². The first-order valence-corrected chi connectivity index (χ1v) is 8.76. The summed E-state index contributed by atoms with van der Waals surface area (Å²) >= 11 is 3.52. The molecule has 3 heteroatoms. The van der Waals surface area contributed by atoms with Gasteiger partial charge in [0, 0.05) is 35.7 Å². The molecule has 1 saturated heterocycles. The second-order valence-corrected chi connectivity index (χ2v) is 8.62. The van der Waals surface area contributed by atoms with E-state index >= 15 is 0 Å². The van der Waals surface area contributed by atoms with Gasteiger partial charge in [-0.2, -0.15) is 0 Å². The van der Waals surface area contributed by atoms with Crippen molar-refractivity contribution in [2.45, 2.75) is 59.2 Å².